The van der Waals surface area contributed by atoms with E-state index in [2.05, 4.69) is 10.3 Å². The van der Waals surface area contributed by atoms with Gasteiger partial charge in [0.2, 0.25) is 5.82 Å². The average Bonchev–Trinajstić information content (AvgIpc) is 2.47. The largest absolute Gasteiger partial charge is 0.311 e. The first-order valence-electron chi connectivity index (χ1n) is 5.75. The van der Waals surface area contributed by atoms with Crippen LogP contribution in [0, 0.1) is 20.2 Å². The second-order valence-electron chi connectivity index (χ2n) is 4.00. The maximum Gasteiger partial charge on any atom is 0.311 e. The predicted molar refractivity (Wildman–Crippen MR) is 77.0 cm³/mol. The van der Waals surface area contributed by atoms with E-state index in [1.807, 2.05) is 0 Å². The summed E-state index contributed by atoms with van der Waals surface area (Å²) in [5.74, 6) is -1.12. The van der Waals surface area contributed by atoms with Crippen molar-refractivity contribution < 1.29 is 14.6 Å². The van der Waals surface area contributed by atoms with Gasteiger partial charge in [0.1, 0.15) is 0 Å². The Bertz CT molecular complexity index is 780. The van der Waals surface area contributed by atoms with Gasteiger partial charge in [-0.15, -0.1) is 0 Å². The molecule has 0 aliphatic heterocycles. The summed E-state index contributed by atoms with van der Waals surface area (Å²) in [5.41, 5.74) is -0.918. The Kier molecular flexibility index (Phi) is 4.28. The van der Waals surface area contributed by atoms with Gasteiger partial charge in [-0.05, 0) is 12.1 Å². The zero-order valence-corrected chi connectivity index (χ0v) is 11.5. The lowest BCUT2D eigenvalue weighted by Crippen LogP contribution is -2.15. The van der Waals surface area contributed by atoms with Crippen LogP contribution >= 0.6 is 11.6 Å². The van der Waals surface area contributed by atoms with E-state index >= 15 is 0 Å². The number of nitrogens with zero attached hydrogens (tertiary/aromatic N) is 3. The molecule has 1 heterocycles. The summed E-state index contributed by atoms with van der Waals surface area (Å²) in [6.07, 6.45) is 1.26. The van der Waals surface area contributed by atoms with Gasteiger partial charge in [0.25, 0.3) is 11.6 Å². The molecule has 22 heavy (non-hydrogen) atoms. The molecule has 9 nitrogen and oxygen atoms in total. The number of aromatic nitrogens is 1. The van der Waals surface area contributed by atoms with Gasteiger partial charge < -0.3 is 5.32 Å². The number of nitro groups is 2. The molecule has 1 aromatic carbocycles. The van der Waals surface area contributed by atoms with Crippen LogP contribution in [-0.4, -0.2) is 20.7 Å². The van der Waals surface area contributed by atoms with Gasteiger partial charge in [0.15, 0.2) is 0 Å². The normalized spacial score (nSPS) is 10.0. The van der Waals surface area contributed by atoms with Crippen LogP contribution in [-0.2, 0) is 0 Å². The van der Waals surface area contributed by atoms with Crippen molar-refractivity contribution in [2.24, 2.45) is 0 Å². The lowest BCUT2D eigenvalue weighted by Gasteiger charge is -2.06. The zero-order chi connectivity index (χ0) is 16.3. The molecule has 10 heteroatoms. The fraction of sp³-hybridized carbons (Fsp3) is 0. The molecule has 0 unspecified atom stereocenters. The third-order valence-corrected chi connectivity index (χ3v) is 2.95. The van der Waals surface area contributed by atoms with Crippen molar-refractivity contribution in [3.8, 4) is 0 Å². The highest BCUT2D eigenvalue weighted by Crippen LogP contribution is 2.25. The average molecular weight is 323 g/mol. The molecular formula is C12H7ClN4O5. The standard InChI is InChI=1S/C12H7ClN4O5/c13-9-4-3-7(16(19)20)6-8(9)12(18)15-11-10(17(21)22)2-1-5-14-11/h1-6H,(H,14,15,18). The molecule has 2 aromatic rings. The molecule has 0 fully saturated rings. The molecule has 0 saturated heterocycles. The molecule has 0 radical (unpaired) electrons. The van der Waals surface area contributed by atoms with Crippen molar-refractivity contribution >= 4 is 34.7 Å². The van der Waals surface area contributed by atoms with Gasteiger partial charge in [-0.1, -0.05) is 11.6 Å². The molecule has 1 amide bonds. The second-order valence-corrected chi connectivity index (χ2v) is 4.41. The fourth-order valence-corrected chi connectivity index (χ4v) is 1.82. The van der Waals surface area contributed by atoms with Gasteiger partial charge in [-0.3, -0.25) is 25.0 Å². The van der Waals surface area contributed by atoms with E-state index in [1.54, 1.807) is 0 Å². The number of rotatable bonds is 4. The van der Waals surface area contributed by atoms with E-state index in [9.17, 15) is 25.0 Å². The molecule has 0 atom stereocenters. The lowest BCUT2D eigenvalue weighted by atomic mass is 10.2. The quantitative estimate of drug-likeness (QED) is 0.680. The van der Waals surface area contributed by atoms with Crippen LogP contribution in [0.3, 0.4) is 0 Å². The minimum Gasteiger partial charge on any atom is -0.301 e. The van der Waals surface area contributed by atoms with E-state index < -0.39 is 21.4 Å². The fourth-order valence-electron chi connectivity index (χ4n) is 1.62. The summed E-state index contributed by atoms with van der Waals surface area (Å²) in [4.78, 5) is 36.0. The summed E-state index contributed by atoms with van der Waals surface area (Å²) < 4.78 is 0. The molecule has 2 rings (SSSR count). The summed E-state index contributed by atoms with van der Waals surface area (Å²) in [6, 6.07) is 5.82. The number of hydrogen-bond donors (Lipinski definition) is 1. The number of non-ortho nitro benzene ring substituents is 1. The van der Waals surface area contributed by atoms with Gasteiger partial charge in [-0.25, -0.2) is 4.98 Å². The highest BCUT2D eigenvalue weighted by Gasteiger charge is 2.20. The van der Waals surface area contributed by atoms with Crippen LogP contribution in [0.2, 0.25) is 5.02 Å². The SMILES string of the molecule is O=C(Nc1ncccc1[N+](=O)[O-])c1cc([N+](=O)[O-])ccc1Cl. The third-order valence-electron chi connectivity index (χ3n) is 2.62. The van der Waals surface area contributed by atoms with Crippen molar-refractivity contribution in [1.82, 2.24) is 4.98 Å². The first kappa shape index (κ1) is 15.3. The monoisotopic (exact) mass is 322 g/mol. The highest BCUT2D eigenvalue weighted by molar-refractivity contribution is 6.34. The van der Waals surface area contributed by atoms with Crippen LogP contribution in [0.4, 0.5) is 17.2 Å². The van der Waals surface area contributed by atoms with Crippen LogP contribution < -0.4 is 5.32 Å². The number of hydrogen-bond acceptors (Lipinski definition) is 6. The molecule has 0 aliphatic carbocycles. The van der Waals surface area contributed by atoms with Crippen LogP contribution in [0.1, 0.15) is 10.4 Å². The Morgan fingerprint density at radius 3 is 2.55 bits per heavy atom. The summed E-state index contributed by atoms with van der Waals surface area (Å²) in [5, 5.41) is 23.8. The Hall–Kier alpha value is -3.07. The van der Waals surface area contributed by atoms with E-state index in [0.717, 1.165) is 18.2 Å². The van der Waals surface area contributed by atoms with Crippen molar-refractivity contribution in [2.45, 2.75) is 0 Å². The van der Waals surface area contributed by atoms with Crippen molar-refractivity contribution in [2.75, 3.05) is 5.32 Å². The first-order valence-corrected chi connectivity index (χ1v) is 6.12. The number of nitrogens with one attached hydrogen (secondary N) is 1. The number of amides is 1. The second kappa shape index (κ2) is 6.14. The van der Waals surface area contributed by atoms with Gasteiger partial charge in [-0.2, -0.15) is 0 Å². The Balaban J connectivity index is 2.36. The van der Waals surface area contributed by atoms with Gasteiger partial charge >= 0.3 is 5.69 Å². The third kappa shape index (κ3) is 3.15. The molecule has 0 spiro atoms. The number of pyridine rings is 1. The van der Waals surface area contributed by atoms with Crippen LogP contribution in [0.5, 0.6) is 0 Å². The van der Waals surface area contributed by atoms with Crippen molar-refractivity contribution in [3.05, 3.63) is 67.3 Å². The number of benzene rings is 1. The molecule has 1 N–H and O–H groups in total. The van der Waals surface area contributed by atoms with E-state index in [1.165, 1.54) is 18.3 Å². The van der Waals surface area contributed by atoms with E-state index in [0.29, 0.717) is 0 Å². The summed E-state index contributed by atoms with van der Waals surface area (Å²) >= 11 is 5.83. The minimum atomic E-state index is -0.837. The molecule has 0 saturated carbocycles. The number of nitro benzene ring substituents is 1. The first-order chi connectivity index (χ1) is 10.4. The zero-order valence-electron chi connectivity index (χ0n) is 10.7. The Morgan fingerprint density at radius 2 is 1.91 bits per heavy atom. The lowest BCUT2D eigenvalue weighted by molar-refractivity contribution is -0.384. The maximum absolute atomic E-state index is 12.1. The number of carbonyl (C=O) groups is 1. The summed E-state index contributed by atoms with van der Waals surface area (Å²) in [6.45, 7) is 0. The number of anilines is 1. The topological polar surface area (TPSA) is 128 Å². The van der Waals surface area contributed by atoms with E-state index in [4.69, 9.17) is 11.6 Å². The Labute approximate surface area is 127 Å². The predicted octanol–water partition coefficient (Wildman–Crippen LogP) is 2.80. The van der Waals surface area contributed by atoms with Crippen LogP contribution in [0.15, 0.2) is 36.5 Å². The number of halogens is 1. The van der Waals surface area contributed by atoms with Gasteiger partial charge in [0.05, 0.1) is 20.4 Å². The maximum atomic E-state index is 12.1. The van der Waals surface area contributed by atoms with Crippen molar-refractivity contribution in [3.63, 3.8) is 0 Å². The van der Waals surface area contributed by atoms with Gasteiger partial charge in [0, 0.05) is 24.4 Å². The van der Waals surface area contributed by atoms with Crippen molar-refractivity contribution in [1.29, 1.82) is 0 Å². The molecule has 1 aromatic heterocycles. The molecule has 0 bridgehead atoms. The molecular weight excluding hydrogens is 316 g/mol. The Morgan fingerprint density at radius 1 is 1.18 bits per heavy atom. The minimum absolute atomic E-state index is 0.0262. The smallest absolute Gasteiger partial charge is 0.301 e. The van der Waals surface area contributed by atoms with E-state index in [-0.39, 0.29) is 22.1 Å². The molecule has 0 aliphatic rings. The number of carbonyl (C=O) groups excluding carboxylic acids is 1. The van der Waals surface area contributed by atoms with Crippen LogP contribution in [0.25, 0.3) is 0 Å². The molecule has 112 valence electrons. The summed E-state index contributed by atoms with van der Waals surface area (Å²) in [7, 11) is 0. The highest BCUT2D eigenvalue weighted by atomic mass is 35.5.